The minimum absolute atomic E-state index is 0. The van der Waals surface area contributed by atoms with Crippen LogP contribution in [0.1, 0.15) is 433 Å². The summed E-state index contributed by atoms with van der Waals surface area (Å²) >= 11 is 3.75. The molecule has 0 heterocycles. The number of aliphatic hydroxyl groups excluding tert-OH is 1. The fourth-order valence-electron chi connectivity index (χ4n) is 11.6. The van der Waals surface area contributed by atoms with E-state index < -0.39 is 0 Å². The summed E-state index contributed by atoms with van der Waals surface area (Å²) in [6.07, 6.45) is 101. The molecule has 5 N–H and O–H groups in total. The van der Waals surface area contributed by atoms with Crippen molar-refractivity contribution in [2.24, 2.45) is 29.2 Å². The van der Waals surface area contributed by atoms with Crippen LogP contribution in [0.2, 0.25) is 0 Å². The third-order valence-corrected chi connectivity index (χ3v) is 18.3. The maximum Gasteiger partial charge on any atom is 1.00 e. The van der Waals surface area contributed by atoms with Crippen LogP contribution in [0.3, 0.4) is 0 Å². The van der Waals surface area contributed by atoms with E-state index in [2.05, 4.69) is 69.8 Å². The number of terminal acetylenes is 2. The van der Waals surface area contributed by atoms with E-state index in [0.717, 1.165) is 18.3 Å². The number of aliphatic hydroxyl groups is 1. The van der Waals surface area contributed by atoms with E-state index in [1.165, 1.54) is 391 Å². The number of halogens is 1. The first-order chi connectivity index (χ1) is 40.5. The Morgan fingerprint density at radius 1 is 0.301 bits per heavy atom. The molecule has 0 aromatic heterocycles. The van der Waals surface area contributed by atoms with Gasteiger partial charge in [-0.1, -0.05) is 404 Å². The van der Waals surface area contributed by atoms with Crippen LogP contribution in [0, 0.1) is 42.9 Å². The van der Waals surface area contributed by atoms with Crippen molar-refractivity contribution in [3.8, 4) is 18.8 Å². The molecular weight excluding hydrogens is 1070 g/mol. The first kappa shape index (κ1) is 94.2. The molecule has 0 fully saturated rings. The van der Waals surface area contributed by atoms with Crippen molar-refractivity contribution in [3.63, 3.8) is 0 Å². The summed E-state index contributed by atoms with van der Waals surface area (Å²) in [4.78, 5) is 0. The van der Waals surface area contributed by atoms with Gasteiger partial charge in [-0.3, -0.25) is 0 Å². The largest absolute Gasteiger partial charge is 1.00 e. The molecule has 0 radical (unpaired) electrons. The van der Waals surface area contributed by atoms with Crippen molar-refractivity contribution >= 4 is 15.9 Å². The van der Waals surface area contributed by atoms with E-state index in [-0.39, 0.29) is 18.9 Å². The van der Waals surface area contributed by atoms with Gasteiger partial charge in [-0.15, -0.1) is 12.3 Å². The van der Waals surface area contributed by atoms with Gasteiger partial charge in [0.25, 0.3) is 0 Å². The molecule has 83 heavy (non-hydrogen) atoms. The van der Waals surface area contributed by atoms with Crippen molar-refractivity contribution in [2.45, 2.75) is 433 Å². The Hall–Kier alpha value is 0.0774. The molecule has 0 aromatic rings. The average molecular weight is 1230 g/mol. The zero-order chi connectivity index (χ0) is 61.4. The second-order valence-corrected chi connectivity index (χ2v) is 26.3. The first-order valence-corrected chi connectivity index (χ1v) is 38.9. The van der Waals surface area contributed by atoms with E-state index >= 15 is 0 Å². The zero-order valence-corrected chi connectivity index (χ0v) is 60.4. The van der Waals surface area contributed by atoms with Crippen LogP contribution in [-0.2, 0) is 0 Å². The Labute approximate surface area is 549 Å². The second-order valence-electron chi connectivity index (χ2n) is 25.6. The van der Waals surface area contributed by atoms with Gasteiger partial charge in [0.2, 0.25) is 0 Å². The summed E-state index contributed by atoms with van der Waals surface area (Å²) in [6, 6.07) is 0. The second kappa shape index (κ2) is 95.7. The Balaban J connectivity index is -0.000000253. The smallest absolute Gasteiger partial charge is 0.697 e. The van der Waals surface area contributed by atoms with Gasteiger partial charge in [-0.2, -0.15) is 0 Å². The van der Waals surface area contributed by atoms with Crippen LogP contribution in [0.4, 0.5) is 0 Å². The van der Waals surface area contributed by atoms with Gasteiger partial charge in [0, 0.05) is 31.4 Å². The van der Waals surface area contributed by atoms with Crippen molar-refractivity contribution < 1.29 is 24.0 Å². The normalized spacial score (nSPS) is 11.8. The molecule has 0 bridgehead atoms. The Bertz CT molecular complexity index is 1030. The summed E-state index contributed by atoms with van der Waals surface area (Å²) in [7, 11) is 0. The molecule has 3 unspecified atom stereocenters. The molecule has 0 saturated heterocycles. The topological polar surface area (TPSA) is 72.3 Å². The first-order valence-electron chi connectivity index (χ1n) is 37.7. The number of hydrogen-bond acceptors (Lipinski definition) is 3. The van der Waals surface area contributed by atoms with Crippen molar-refractivity contribution in [1.29, 1.82) is 0 Å². The summed E-state index contributed by atoms with van der Waals surface area (Å²) < 4.78 is 0. The van der Waals surface area contributed by atoms with Crippen LogP contribution in [0.15, 0.2) is 0 Å². The summed E-state index contributed by atoms with van der Waals surface area (Å²) in [5, 5.41) is 10.8. The minimum Gasteiger partial charge on any atom is -0.697 e. The fraction of sp³-hybridized carbons (Fsp3) is 0.949. The van der Waals surface area contributed by atoms with Crippen LogP contribution < -0.4 is 30.3 Å². The quantitative estimate of drug-likeness (QED) is 0.0187. The predicted molar refractivity (Wildman–Crippen MR) is 382 cm³/mol. The number of rotatable bonds is 64. The van der Waals surface area contributed by atoms with Crippen molar-refractivity contribution in [3.05, 3.63) is 6.42 Å². The molecule has 0 aliphatic heterocycles. The molecule has 494 valence electrons. The third-order valence-electron chi connectivity index (χ3n) is 17.3. The van der Waals surface area contributed by atoms with E-state index in [0.29, 0.717) is 25.6 Å². The Morgan fingerprint density at radius 2 is 0.458 bits per heavy atom. The molecule has 0 amide bonds. The Kier molecular flexibility index (Phi) is 109. The van der Waals surface area contributed by atoms with Crippen LogP contribution in [-0.4, -0.2) is 30.1 Å². The van der Waals surface area contributed by atoms with Gasteiger partial charge in [-0.05, 0) is 56.3 Å². The van der Waals surface area contributed by atoms with Crippen molar-refractivity contribution in [1.82, 2.24) is 0 Å². The molecule has 5 heteroatoms. The summed E-state index contributed by atoms with van der Waals surface area (Å²) in [5.74, 6) is 5.25. The number of hydrogen-bond donors (Lipinski definition) is 3. The standard InChI is InChI=1S/C26H50.C24H49Br.C24H50O.C2H8N2.C2H.Li/c1-4-7-9-11-13-15-16-18-20-22-25-26(23-6-3)24-21-19-17-14-12-10-8-5-2;2*1-3-5-7-9-11-13-14-16-18-20-22-24(23-25)21-19-17-15-12-10-8-6-4-2;3-1-2-4;1-2;/h3,26H,4-5,7-25H2,1-2H3;24H,3-23H2,1-2H3;24-25H,3-23H2,1-2H3;1-4H2;1H;/q;;;;-1;+1. The molecule has 3 nitrogen and oxygen atoms in total. The molecule has 0 aliphatic carbocycles. The van der Waals surface area contributed by atoms with Gasteiger partial charge in [-0.25, -0.2) is 0 Å². The van der Waals surface area contributed by atoms with Crippen LogP contribution in [0.25, 0.3) is 0 Å². The fourth-order valence-corrected chi connectivity index (χ4v) is 12.3. The minimum atomic E-state index is 0. The van der Waals surface area contributed by atoms with E-state index in [1.807, 2.05) is 0 Å². The van der Waals surface area contributed by atoms with E-state index in [4.69, 9.17) is 24.3 Å². The molecule has 3 atom stereocenters. The van der Waals surface area contributed by atoms with Gasteiger partial charge < -0.3 is 29.4 Å². The maximum absolute atomic E-state index is 9.57. The van der Waals surface area contributed by atoms with Crippen molar-refractivity contribution in [2.75, 3.05) is 25.0 Å². The Morgan fingerprint density at radius 3 is 0.602 bits per heavy atom. The van der Waals surface area contributed by atoms with Crippen LogP contribution >= 0.6 is 15.9 Å². The SMILES string of the molecule is C#CCC(CCCCCCCCCC)CCCCCCCCCCCC.CCCCCCCCCCCCC(CBr)CCCCCCCCCC.CCCCCCCCCCCCC(CO)CCCCCCCCCC.NCCN.[C-]#C.[Li+]. The number of unbranched alkanes of at least 4 members (excludes halogenated alkanes) is 48. The molecule has 0 spiro atoms. The predicted octanol–water partition coefficient (Wildman–Crippen LogP) is 23.9. The summed E-state index contributed by atoms with van der Waals surface area (Å²) in [6.45, 7) is 15.4. The van der Waals surface area contributed by atoms with Gasteiger partial charge in [0.05, 0.1) is 0 Å². The third kappa shape index (κ3) is 95.9. The average Bonchev–Trinajstić information content (AvgIpc) is 3.50. The number of nitrogens with two attached hydrogens (primary N) is 2. The van der Waals surface area contributed by atoms with Crippen LogP contribution in [0.5, 0.6) is 0 Å². The zero-order valence-electron chi connectivity index (χ0n) is 58.8. The van der Waals surface area contributed by atoms with Gasteiger partial charge in [0.1, 0.15) is 0 Å². The molecule has 0 aromatic carbocycles. The molecular formula is C78H158BrLiN2O. The van der Waals surface area contributed by atoms with Gasteiger partial charge >= 0.3 is 18.9 Å². The number of alkyl halides is 1. The van der Waals surface area contributed by atoms with Gasteiger partial charge in [0.15, 0.2) is 0 Å². The monoisotopic (exact) mass is 1230 g/mol. The summed E-state index contributed by atoms with van der Waals surface area (Å²) in [5.41, 5.74) is 9.81. The molecule has 0 aliphatic rings. The molecule has 0 saturated carbocycles. The maximum atomic E-state index is 9.57. The van der Waals surface area contributed by atoms with E-state index in [9.17, 15) is 5.11 Å². The molecule has 0 rings (SSSR count). The van der Waals surface area contributed by atoms with E-state index in [1.54, 1.807) is 0 Å².